The van der Waals surface area contributed by atoms with Crippen LogP contribution in [0.3, 0.4) is 0 Å². The molecule has 5 aromatic carbocycles. The second kappa shape index (κ2) is 14.0. The van der Waals surface area contributed by atoms with Crippen LogP contribution in [-0.4, -0.2) is 30.6 Å². The van der Waals surface area contributed by atoms with Gasteiger partial charge in [0.2, 0.25) is 5.78 Å². The SMILES string of the molecule is Cc1cccc(C)c1B1c2ccnc(-c3cccc(Oc4ccc5c(c4)n(-c4cc(C(C)C)c(C(C)C)cn4)c4nc6ccccc6n54)c3)c2Oc2sc3ccccc3c21. The number of hydrogen-bond donors (Lipinski definition) is 0. The fourth-order valence-electron chi connectivity index (χ4n) is 9.31. The summed E-state index contributed by atoms with van der Waals surface area (Å²) in [6, 6.07) is 42.3. The Morgan fingerprint density at radius 2 is 1.45 bits per heavy atom. The minimum atomic E-state index is -0.00358. The van der Waals surface area contributed by atoms with E-state index >= 15 is 0 Å². The average Bonchev–Trinajstić information content (AvgIpc) is 3.91. The Bertz CT molecular complexity index is 3320. The highest BCUT2D eigenvalue weighted by molar-refractivity contribution is 7.24. The smallest absolute Gasteiger partial charge is 0.253 e. The lowest BCUT2D eigenvalue weighted by atomic mass is 9.34. The van der Waals surface area contributed by atoms with Gasteiger partial charge >= 0.3 is 0 Å². The van der Waals surface area contributed by atoms with Crippen molar-refractivity contribution in [2.75, 3.05) is 0 Å². The third-order valence-corrected chi connectivity index (χ3v) is 13.2. The highest BCUT2D eigenvalue weighted by Gasteiger charge is 2.38. The predicted molar refractivity (Wildman–Crippen MR) is 248 cm³/mol. The van der Waals surface area contributed by atoms with Crippen LogP contribution in [0.15, 0.2) is 134 Å². The summed E-state index contributed by atoms with van der Waals surface area (Å²) in [7, 11) is 0. The van der Waals surface area contributed by atoms with Gasteiger partial charge in [-0.3, -0.25) is 14.0 Å². The summed E-state index contributed by atoms with van der Waals surface area (Å²) in [6.45, 7) is 13.4. The molecule has 0 N–H and O–H groups in total. The normalized spacial score (nSPS) is 12.6. The first-order chi connectivity index (χ1) is 29.2. The van der Waals surface area contributed by atoms with Crippen molar-refractivity contribution in [1.29, 1.82) is 0 Å². The average molecular weight is 800 g/mol. The van der Waals surface area contributed by atoms with Crippen molar-refractivity contribution >= 4 is 72.4 Å². The molecule has 0 saturated carbocycles. The maximum Gasteiger partial charge on any atom is 0.253 e. The lowest BCUT2D eigenvalue weighted by Crippen LogP contribution is -2.56. The standard InChI is InChI=1S/C51H42BN5O2S/c1-29(2)37-27-45(54-28-38(37)30(3)4)57-43-26-35(21-22-42(43)56-41-19-9-8-18-40(41)55-51(56)57)58-34-16-12-15-33(25-34)48-49-39(23-24-53-48)52(46-31(5)13-11-14-32(46)6)47-36-17-7-10-20-44(36)60-50(47)59-49/h7-30H,1-6H3. The molecular formula is C51H42BN5O2S. The van der Waals surface area contributed by atoms with E-state index in [9.17, 15) is 0 Å². The molecule has 0 unspecified atom stereocenters. The van der Waals surface area contributed by atoms with E-state index in [4.69, 9.17) is 24.4 Å². The minimum Gasteiger partial charge on any atom is -0.457 e. The minimum absolute atomic E-state index is 0.00358. The quantitative estimate of drug-likeness (QED) is 0.150. The molecule has 0 amide bonds. The number of para-hydroxylation sites is 2. The molecule has 9 heteroatoms. The first-order valence-corrected chi connectivity index (χ1v) is 21.5. The Hall–Kier alpha value is -6.71. The molecular weight excluding hydrogens is 757 g/mol. The number of fused-ring (bicyclic) bond motifs is 9. The van der Waals surface area contributed by atoms with Crippen LogP contribution in [0.1, 0.15) is 61.8 Å². The second-order valence-corrected chi connectivity index (χ2v) is 17.6. The van der Waals surface area contributed by atoms with Crippen LogP contribution in [-0.2, 0) is 0 Å². The number of nitrogens with zero attached hydrogens (tertiary/aromatic N) is 5. The van der Waals surface area contributed by atoms with Gasteiger partial charge in [-0.1, -0.05) is 116 Å². The van der Waals surface area contributed by atoms with Gasteiger partial charge in [0.25, 0.3) is 6.71 Å². The molecule has 6 heterocycles. The van der Waals surface area contributed by atoms with Crippen LogP contribution >= 0.6 is 11.3 Å². The third-order valence-electron chi connectivity index (χ3n) is 12.1. The van der Waals surface area contributed by atoms with E-state index < -0.39 is 0 Å². The second-order valence-electron chi connectivity index (χ2n) is 16.6. The third kappa shape index (κ3) is 5.67. The molecule has 0 radical (unpaired) electrons. The highest BCUT2D eigenvalue weighted by atomic mass is 32.1. The van der Waals surface area contributed by atoms with E-state index in [1.54, 1.807) is 11.3 Å². The zero-order valence-corrected chi connectivity index (χ0v) is 35.2. The number of hydrogen-bond acceptors (Lipinski definition) is 6. The molecule has 0 bridgehead atoms. The summed E-state index contributed by atoms with van der Waals surface area (Å²) in [6.07, 6.45) is 3.96. The number of aromatic nitrogens is 5. The summed E-state index contributed by atoms with van der Waals surface area (Å²) >= 11 is 1.70. The number of thiophene rings is 1. The molecule has 5 aromatic heterocycles. The summed E-state index contributed by atoms with van der Waals surface area (Å²) < 4.78 is 19.3. The Labute approximate surface area is 353 Å². The van der Waals surface area contributed by atoms with Crippen LogP contribution in [0.5, 0.6) is 22.3 Å². The van der Waals surface area contributed by atoms with Crippen molar-refractivity contribution < 1.29 is 9.47 Å². The molecule has 7 nitrogen and oxygen atoms in total. The maximum atomic E-state index is 6.93. The van der Waals surface area contributed by atoms with Gasteiger partial charge in [-0.25, -0.2) is 9.97 Å². The lowest BCUT2D eigenvalue weighted by Gasteiger charge is -2.28. The predicted octanol–water partition coefficient (Wildman–Crippen LogP) is 11.4. The number of pyridine rings is 2. The van der Waals surface area contributed by atoms with Gasteiger partial charge in [0.1, 0.15) is 28.8 Å². The Kier molecular flexibility index (Phi) is 8.46. The van der Waals surface area contributed by atoms with Crippen molar-refractivity contribution in [2.45, 2.75) is 53.4 Å². The molecule has 0 fully saturated rings. The molecule has 60 heavy (non-hydrogen) atoms. The van der Waals surface area contributed by atoms with Gasteiger partial charge in [0.15, 0.2) is 5.06 Å². The Morgan fingerprint density at radius 3 is 2.28 bits per heavy atom. The van der Waals surface area contributed by atoms with Gasteiger partial charge in [-0.05, 0) is 108 Å². The van der Waals surface area contributed by atoms with Crippen molar-refractivity contribution in [1.82, 2.24) is 23.9 Å². The van der Waals surface area contributed by atoms with Gasteiger partial charge < -0.3 is 9.47 Å². The van der Waals surface area contributed by atoms with E-state index in [0.29, 0.717) is 23.3 Å². The monoisotopic (exact) mass is 799 g/mol. The highest BCUT2D eigenvalue weighted by Crippen LogP contribution is 2.41. The number of benzene rings is 5. The van der Waals surface area contributed by atoms with Crippen molar-refractivity contribution in [3.8, 4) is 39.4 Å². The molecule has 0 spiro atoms. The maximum absolute atomic E-state index is 6.93. The molecule has 0 saturated heterocycles. The molecule has 292 valence electrons. The van der Waals surface area contributed by atoms with Crippen LogP contribution in [0.25, 0.3) is 55.0 Å². The zero-order valence-electron chi connectivity index (χ0n) is 34.4. The molecule has 1 aliphatic heterocycles. The molecule has 0 aliphatic carbocycles. The van der Waals surface area contributed by atoms with E-state index in [-0.39, 0.29) is 6.71 Å². The summed E-state index contributed by atoms with van der Waals surface area (Å²) in [4.78, 5) is 15.2. The molecule has 11 rings (SSSR count). The van der Waals surface area contributed by atoms with Crippen LogP contribution < -0.4 is 25.9 Å². The Balaban J connectivity index is 1.02. The Morgan fingerprint density at radius 1 is 0.683 bits per heavy atom. The topological polar surface area (TPSA) is 66.5 Å². The zero-order chi connectivity index (χ0) is 40.8. The van der Waals surface area contributed by atoms with Crippen molar-refractivity contribution in [2.24, 2.45) is 0 Å². The number of rotatable bonds is 7. The molecule has 10 aromatic rings. The van der Waals surface area contributed by atoms with Gasteiger partial charge in [0.05, 0.1) is 22.1 Å². The van der Waals surface area contributed by atoms with Crippen LogP contribution in [0.4, 0.5) is 0 Å². The number of imidazole rings is 2. The summed E-state index contributed by atoms with van der Waals surface area (Å²) in [5, 5.41) is 2.15. The number of ether oxygens (including phenoxy) is 2. The lowest BCUT2D eigenvalue weighted by molar-refractivity contribution is 0.483. The first kappa shape index (κ1) is 36.4. The fourth-order valence-corrected chi connectivity index (χ4v) is 10.4. The van der Waals surface area contributed by atoms with Crippen LogP contribution in [0, 0.1) is 13.8 Å². The summed E-state index contributed by atoms with van der Waals surface area (Å²) in [5.74, 6) is 4.54. The van der Waals surface area contributed by atoms with Crippen LogP contribution in [0.2, 0.25) is 0 Å². The van der Waals surface area contributed by atoms with E-state index in [2.05, 4.69) is 148 Å². The number of aryl methyl sites for hydroxylation is 2. The van der Waals surface area contributed by atoms with Gasteiger partial charge in [0, 0.05) is 28.7 Å². The van der Waals surface area contributed by atoms with E-state index in [1.807, 2.05) is 36.7 Å². The van der Waals surface area contributed by atoms with Gasteiger partial charge in [-0.15, -0.1) is 0 Å². The largest absolute Gasteiger partial charge is 0.457 e. The van der Waals surface area contributed by atoms with Crippen molar-refractivity contribution in [3.63, 3.8) is 0 Å². The first-order valence-electron chi connectivity index (χ1n) is 20.7. The molecule has 1 aliphatic rings. The molecule has 0 atom stereocenters. The van der Waals surface area contributed by atoms with Gasteiger partial charge in [-0.2, -0.15) is 0 Å². The van der Waals surface area contributed by atoms with E-state index in [1.165, 1.54) is 43.3 Å². The fraction of sp³-hybridized carbons (Fsp3) is 0.157. The van der Waals surface area contributed by atoms with E-state index in [0.717, 1.165) is 61.2 Å². The van der Waals surface area contributed by atoms with Crippen molar-refractivity contribution in [3.05, 3.63) is 156 Å². The summed E-state index contributed by atoms with van der Waals surface area (Å²) in [5.41, 5.74) is 14.4.